The van der Waals surface area contributed by atoms with E-state index in [1.807, 2.05) is 0 Å². The van der Waals surface area contributed by atoms with Crippen molar-refractivity contribution in [3.8, 4) is 5.69 Å². The van der Waals surface area contributed by atoms with Crippen molar-refractivity contribution in [3.05, 3.63) is 83.8 Å². The van der Waals surface area contributed by atoms with E-state index in [0.29, 0.717) is 26.5 Å². The first-order valence-electron chi connectivity index (χ1n) is 14.3. The van der Waals surface area contributed by atoms with Crippen molar-refractivity contribution in [1.29, 1.82) is 0 Å². The maximum absolute atomic E-state index is 14.5. The number of aryl methyl sites for hydroxylation is 1. The number of hydrogen-bond donors (Lipinski definition) is 3. The predicted molar refractivity (Wildman–Crippen MR) is 167 cm³/mol. The summed E-state index contributed by atoms with van der Waals surface area (Å²) in [5, 5.41) is 18.5. The summed E-state index contributed by atoms with van der Waals surface area (Å²) in [4.78, 5) is 24.8. The van der Waals surface area contributed by atoms with Gasteiger partial charge in [-0.05, 0) is 80.9 Å². The number of primary amides is 1. The summed E-state index contributed by atoms with van der Waals surface area (Å²) in [7, 11) is -3.15. The fourth-order valence-corrected chi connectivity index (χ4v) is 6.64. The molecular weight excluding hydrogens is 644 g/mol. The third-order valence-electron chi connectivity index (χ3n) is 7.42. The lowest BCUT2D eigenvalue weighted by molar-refractivity contribution is -0.256. The van der Waals surface area contributed by atoms with Crippen LogP contribution in [0.2, 0.25) is 0 Å². The predicted octanol–water partition coefficient (Wildman–Crippen LogP) is 3.83. The number of nitrogens with one attached hydrogen (secondary N) is 1. The number of nitrogens with two attached hydrogens (primary N) is 1. The Balaban J connectivity index is 1.67. The van der Waals surface area contributed by atoms with Gasteiger partial charge in [-0.2, -0.15) is 22.6 Å². The first kappa shape index (κ1) is 35.3. The van der Waals surface area contributed by atoms with E-state index in [2.05, 4.69) is 10.4 Å². The molecule has 0 bridgehead atoms. The van der Waals surface area contributed by atoms with Crippen molar-refractivity contribution in [2.45, 2.75) is 43.5 Å². The van der Waals surface area contributed by atoms with Crippen LogP contribution >= 0.6 is 0 Å². The number of carbonyl (C=O) groups is 2. The van der Waals surface area contributed by atoms with Gasteiger partial charge in [-0.3, -0.25) is 9.59 Å². The van der Waals surface area contributed by atoms with Crippen LogP contribution in [0.1, 0.15) is 29.8 Å². The Morgan fingerprint density at radius 2 is 1.74 bits per heavy atom. The molecule has 252 valence electrons. The van der Waals surface area contributed by atoms with Crippen LogP contribution in [0.15, 0.2) is 71.8 Å². The molecule has 1 heterocycles. The van der Waals surface area contributed by atoms with E-state index in [0.717, 1.165) is 29.2 Å². The number of benzene rings is 3. The second kappa shape index (κ2) is 13.3. The number of sulfonamides is 1. The largest absolute Gasteiger partial charge is 0.420 e. The van der Waals surface area contributed by atoms with Crippen molar-refractivity contribution in [3.63, 3.8) is 0 Å². The normalized spacial score (nSPS) is 13.6. The van der Waals surface area contributed by atoms with Gasteiger partial charge in [-0.15, -0.1) is 0 Å². The van der Waals surface area contributed by atoms with Crippen LogP contribution in [-0.2, 0) is 14.8 Å². The van der Waals surface area contributed by atoms with Crippen LogP contribution < -0.4 is 11.1 Å². The Morgan fingerprint density at radius 1 is 1.09 bits per heavy atom. The zero-order valence-corrected chi connectivity index (χ0v) is 26.7. The molecule has 4 aromatic rings. The Bertz CT molecular complexity index is 1900. The van der Waals surface area contributed by atoms with Gasteiger partial charge in [0, 0.05) is 29.7 Å². The number of fused-ring (bicyclic) bond motifs is 1. The van der Waals surface area contributed by atoms with E-state index in [-0.39, 0.29) is 17.8 Å². The zero-order valence-electron chi connectivity index (χ0n) is 25.9. The number of hydrogen-bond acceptors (Lipinski definition) is 7. The van der Waals surface area contributed by atoms with Gasteiger partial charge in [0.15, 0.2) is 5.60 Å². The van der Waals surface area contributed by atoms with Crippen LogP contribution in [-0.4, -0.2) is 88.8 Å². The molecule has 0 aliphatic rings. The molecule has 47 heavy (non-hydrogen) atoms. The van der Waals surface area contributed by atoms with Gasteiger partial charge >= 0.3 is 6.18 Å². The summed E-state index contributed by atoms with van der Waals surface area (Å²) in [5.74, 6) is -1.88. The highest BCUT2D eigenvalue weighted by Gasteiger charge is 2.56. The SMILES string of the molecule is Cc1cc(NCC(O)(CN(C(C)C)S(=O)(=O)c2ccc(F)cc2)C(F)(F)F)c2cnn(-c3cccc(C(=O)N(C)CC(N)=O)c3)c2c1. The van der Waals surface area contributed by atoms with E-state index < -0.39 is 63.5 Å². The maximum Gasteiger partial charge on any atom is 0.420 e. The summed E-state index contributed by atoms with van der Waals surface area (Å²) in [6.45, 7) is 1.66. The van der Waals surface area contributed by atoms with Crippen LogP contribution in [0.3, 0.4) is 0 Å². The zero-order chi connectivity index (χ0) is 34.9. The number of aliphatic hydroxyl groups is 1. The third kappa shape index (κ3) is 7.55. The average molecular weight is 679 g/mol. The van der Waals surface area contributed by atoms with Crippen molar-refractivity contribution in [2.75, 3.05) is 32.0 Å². The molecule has 4 rings (SSSR count). The first-order chi connectivity index (χ1) is 21.8. The lowest BCUT2D eigenvalue weighted by Crippen LogP contribution is -2.59. The van der Waals surface area contributed by atoms with E-state index in [4.69, 9.17) is 5.73 Å². The monoisotopic (exact) mass is 678 g/mol. The number of likely N-dealkylation sites (N-methyl/N-ethyl adjacent to an activating group) is 1. The maximum atomic E-state index is 14.5. The number of alkyl halides is 3. The molecule has 0 spiro atoms. The third-order valence-corrected chi connectivity index (χ3v) is 9.46. The van der Waals surface area contributed by atoms with E-state index >= 15 is 0 Å². The Kier molecular flexibility index (Phi) is 9.99. The molecule has 0 fully saturated rings. The molecule has 11 nitrogen and oxygen atoms in total. The van der Waals surface area contributed by atoms with Gasteiger partial charge in [-0.25, -0.2) is 17.5 Å². The Morgan fingerprint density at radius 3 is 2.34 bits per heavy atom. The lowest BCUT2D eigenvalue weighted by Gasteiger charge is -2.37. The Labute approximate surface area is 268 Å². The van der Waals surface area contributed by atoms with Gasteiger partial charge in [0.1, 0.15) is 5.82 Å². The fraction of sp³-hybridized carbons (Fsp3) is 0.323. The highest BCUT2D eigenvalue weighted by molar-refractivity contribution is 7.89. The van der Waals surface area contributed by atoms with E-state index in [1.165, 1.54) is 37.8 Å². The molecule has 0 aliphatic heterocycles. The average Bonchev–Trinajstić information content (AvgIpc) is 3.41. The van der Waals surface area contributed by atoms with Gasteiger partial charge in [-0.1, -0.05) is 6.07 Å². The highest BCUT2D eigenvalue weighted by Crippen LogP contribution is 2.35. The minimum absolute atomic E-state index is 0.180. The van der Waals surface area contributed by atoms with Gasteiger partial charge in [0.05, 0.1) is 41.9 Å². The summed E-state index contributed by atoms with van der Waals surface area (Å²) >= 11 is 0. The van der Waals surface area contributed by atoms with Crippen molar-refractivity contribution in [2.24, 2.45) is 5.73 Å². The quantitative estimate of drug-likeness (QED) is 0.193. The van der Waals surface area contributed by atoms with Crippen LogP contribution in [0.5, 0.6) is 0 Å². The van der Waals surface area contributed by atoms with E-state index in [9.17, 15) is 40.7 Å². The summed E-state index contributed by atoms with van der Waals surface area (Å²) in [6, 6.07) is 12.3. The smallest absolute Gasteiger partial charge is 0.381 e. The minimum Gasteiger partial charge on any atom is -0.381 e. The summed E-state index contributed by atoms with van der Waals surface area (Å²) in [6.07, 6.45) is -3.87. The molecule has 3 aromatic carbocycles. The summed E-state index contributed by atoms with van der Waals surface area (Å²) < 4.78 is 85.5. The molecule has 0 saturated carbocycles. The molecule has 16 heteroatoms. The van der Waals surface area contributed by atoms with Crippen LogP contribution in [0, 0.1) is 12.7 Å². The topological polar surface area (TPSA) is 151 Å². The molecule has 0 aliphatic carbocycles. The second-order valence-electron chi connectivity index (χ2n) is 11.5. The van der Waals surface area contributed by atoms with Crippen molar-refractivity contribution in [1.82, 2.24) is 19.0 Å². The lowest BCUT2D eigenvalue weighted by atomic mass is 10.0. The Hall–Kier alpha value is -4.54. The minimum atomic E-state index is -5.27. The molecule has 1 aromatic heterocycles. The molecule has 2 amide bonds. The van der Waals surface area contributed by atoms with Gasteiger partial charge < -0.3 is 21.1 Å². The number of carbonyl (C=O) groups excluding carboxylic acids is 2. The molecule has 1 unspecified atom stereocenters. The van der Waals surface area contributed by atoms with Crippen molar-refractivity contribution < 1.29 is 40.7 Å². The number of nitrogens with zero attached hydrogens (tertiary/aromatic N) is 4. The van der Waals surface area contributed by atoms with Crippen LogP contribution in [0.25, 0.3) is 16.6 Å². The number of anilines is 1. The van der Waals surface area contributed by atoms with Gasteiger partial charge in [0.25, 0.3) is 5.91 Å². The molecule has 0 radical (unpaired) electrons. The highest BCUT2D eigenvalue weighted by atomic mass is 32.2. The summed E-state index contributed by atoms with van der Waals surface area (Å²) in [5.41, 5.74) is 3.58. The molecular formula is C31H34F4N6O5S. The molecule has 0 saturated heterocycles. The van der Waals surface area contributed by atoms with Crippen molar-refractivity contribution >= 4 is 38.4 Å². The van der Waals surface area contributed by atoms with Gasteiger partial charge in [0.2, 0.25) is 15.9 Å². The molecule has 1 atom stereocenters. The number of halogens is 4. The number of aromatic nitrogens is 2. The number of amides is 2. The van der Waals surface area contributed by atoms with Crippen LogP contribution in [0.4, 0.5) is 23.2 Å². The standard InChI is InChI=1S/C31H34F4N6O5S/c1-19(2)40(47(45,46)24-10-8-22(32)9-11-24)18-30(44,31(33,34)35)17-37-26-12-20(3)13-27-25(26)15-38-41(27)23-7-5-6-21(14-23)29(43)39(4)16-28(36)42/h5-15,19,37,44H,16-18H2,1-4H3,(H2,36,42). The second-order valence-corrected chi connectivity index (χ2v) is 13.4. The van der Waals surface area contributed by atoms with E-state index in [1.54, 1.807) is 37.3 Å². The number of rotatable bonds is 12. The molecule has 4 N–H and O–H groups in total. The fourth-order valence-electron chi connectivity index (χ4n) is 4.95. The first-order valence-corrected chi connectivity index (χ1v) is 15.7.